The van der Waals surface area contributed by atoms with Gasteiger partial charge >= 0.3 is 0 Å². The smallest absolute Gasteiger partial charge is 0.164 e. The first kappa shape index (κ1) is 42.4. The first-order valence-electron chi connectivity index (χ1n) is 19.1. The van der Waals surface area contributed by atoms with Crippen LogP contribution < -0.4 is 0 Å². The van der Waals surface area contributed by atoms with Gasteiger partial charge in [-0.3, -0.25) is 9.78 Å². The van der Waals surface area contributed by atoms with Crippen LogP contribution >= 0.6 is 11.3 Å². The van der Waals surface area contributed by atoms with Crippen molar-refractivity contribution in [2.45, 2.75) is 121 Å². The number of hydrogen-bond acceptors (Lipinski definition) is 5. The van der Waals surface area contributed by atoms with Gasteiger partial charge in [0.15, 0.2) is 5.78 Å². The number of fused-ring (bicyclic) bond motifs is 6. The van der Waals surface area contributed by atoms with Gasteiger partial charge in [0, 0.05) is 69.3 Å². The number of carbonyl (C=O) groups is 1. The van der Waals surface area contributed by atoms with Gasteiger partial charge in [-0.2, -0.15) is 0 Å². The first-order chi connectivity index (χ1) is 24.5. The molecule has 1 radical (unpaired) electrons. The van der Waals surface area contributed by atoms with E-state index < -0.39 is 0 Å². The van der Waals surface area contributed by atoms with E-state index in [0.29, 0.717) is 5.92 Å². The molecule has 6 heteroatoms. The fourth-order valence-corrected chi connectivity index (χ4v) is 8.50. The van der Waals surface area contributed by atoms with Crippen LogP contribution in [0.15, 0.2) is 71.0 Å². The first-order valence-corrected chi connectivity index (χ1v) is 20.0. The van der Waals surface area contributed by atoms with Crippen molar-refractivity contribution in [3.63, 3.8) is 0 Å². The summed E-state index contributed by atoms with van der Waals surface area (Å²) in [5.74, 6) is 0.920. The molecule has 6 aromatic rings. The Balaban J connectivity index is 0.000000299. The number of aromatic nitrogens is 1. The Kier molecular flexibility index (Phi) is 13.3. The topological polar surface area (TPSA) is 63.3 Å². The van der Waals surface area contributed by atoms with Gasteiger partial charge in [-0.05, 0) is 79.5 Å². The fourth-order valence-electron chi connectivity index (χ4n) is 6.93. The van der Waals surface area contributed by atoms with Gasteiger partial charge < -0.3 is 9.52 Å². The van der Waals surface area contributed by atoms with Gasteiger partial charge in [-0.15, -0.1) is 40.5 Å². The van der Waals surface area contributed by atoms with Gasteiger partial charge in [0.2, 0.25) is 0 Å². The number of aliphatic hydroxyl groups is 1. The van der Waals surface area contributed by atoms with Crippen LogP contribution in [0.25, 0.3) is 54.1 Å². The second kappa shape index (κ2) is 16.6. The van der Waals surface area contributed by atoms with Crippen LogP contribution in [0, 0.1) is 29.7 Å². The monoisotopic (exact) mass is 909 g/mol. The molecule has 0 bridgehead atoms. The van der Waals surface area contributed by atoms with Crippen molar-refractivity contribution in [2.75, 3.05) is 0 Å². The Morgan fingerprint density at radius 2 is 1.55 bits per heavy atom. The summed E-state index contributed by atoms with van der Waals surface area (Å²) in [5, 5.41) is 16.2. The predicted molar refractivity (Wildman–Crippen MR) is 224 cm³/mol. The number of benzene rings is 3. The van der Waals surface area contributed by atoms with E-state index in [2.05, 4.69) is 96.1 Å². The zero-order valence-electron chi connectivity index (χ0n) is 33.8. The van der Waals surface area contributed by atoms with Crippen LogP contribution in [0.2, 0.25) is 0 Å². The number of rotatable bonds is 10. The van der Waals surface area contributed by atoms with Crippen molar-refractivity contribution >= 4 is 59.9 Å². The number of furan rings is 1. The van der Waals surface area contributed by atoms with E-state index in [1.54, 1.807) is 0 Å². The summed E-state index contributed by atoms with van der Waals surface area (Å²) in [5.41, 5.74) is 5.71. The van der Waals surface area contributed by atoms with Crippen molar-refractivity contribution in [2.24, 2.45) is 16.7 Å². The standard InChI is InChI=1S/C32H30NOS.C15H28O2.Ir/c1-18(2)15-27-19(3)22-11-12-26-28(31(22)35-27)24-13-14-33-29(30(24)34-26)21-16-20-9-7-8-10-23(20)25(17-21)32(4,5)6;1-7-14(5,8-2)12(16)11-13(17)15(6,9-3)10-4;/h7-14,17-18H,15H2,1-6H3;11,16H,7-10H2,1-6H3;/q-1;;/b;12-11-;. The molecule has 3 aromatic carbocycles. The molecule has 3 heterocycles. The number of aliphatic hydroxyl groups excluding tert-OH is 1. The van der Waals surface area contributed by atoms with Gasteiger partial charge in [0.25, 0.3) is 0 Å². The van der Waals surface area contributed by atoms with Crippen LogP contribution in [-0.2, 0) is 36.7 Å². The summed E-state index contributed by atoms with van der Waals surface area (Å²) in [6, 6.07) is 20.9. The largest absolute Gasteiger partial charge is 0.512 e. The summed E-state index contributed by atoms with van der Waals surface area (Å²) in [7, 11) is 0. The van der Waals surface area contributed by atoms with Crippen LogP contribution in [0.3, 0.4) is 0 Å². The molecule has 0 spiro atoms. The molecule has 0 aliphatic carbocycles. The van der Waals surface area contributed by atoms with E-state index >= 15 is 0 Å². The summed E-state index contributed by atoms with van der Waals surface area (Å²) in [6.07, 6.45) is 7.78. The average molecular weight is 909 g/mol. The molecule has 0 atom stereocenters. The molecule has 0 unspecified atom stereocenters. The summed E-state index contributed by atoms with van der Waals surface area (Å²) in [4.78, 5) is 18.5. The van der Waals surface area contributed by atoms with Gasteiger partial charge in [0.05, 0.1) is 0 Å². The van der Waals surface area contributed by atoms with Gasteiger partial charge in [-0.25, -0.2) is 0 Å². The second-order valence-electron chi connectivity index (χ2n) is 16.5. The number of ketones is 1. The molecule has 53 heavy (non-hydrogen) atoms. The number of aryl methyl sites for hydroxylation is 1. The normalized spacial score (nSPS) is 12.8. The van der Waals surface area contributed by atoms with Gasteiger partial charge in [0.1, 0.15) is 16.9 Å². The minimum Gasteiger partial charge on any atom is -0.512 e. The third-order valence-electron chi connectivity index (χ3n) is 11.6. The molecule has 0 amide bonds. The summed E-state index contributed by atoms with van der Waals surface area (Å²) in [6.45, 7) is 25.7. The van der Waals surface area contributed by atoms with E-state index in [4.69, 9.17) is 9.40 Å². The molecule has 285 valence electrons. The third-order valence-corrected chi connectivity index (χ3v) is 12.9. The van der Waals surface area contributed by atoms with E-state index in [9.17, 15) is 9.90 Å². The molecular weight excluding hydrogens is 851 g/mol. The zero-order valence-corrected chi connectivity index (χ0v) is 37.1. The van der Waals surface area contributed by atoms with Crippen molar-refractivity contribution in [1.29, 1.82) is 0 Å². The molecule has 0 saturated carbocycles. The number of pyridine rings is 1. The number of thiophene rings is 1. The van der Waals surface area contributed by atoms with Crippen LogP contribution in [0.1, 0.15) is 118 Å². The summed E-state index contributed by atoms with van der Waals surface area (Å²) >= 11 is 1.92. The molecule has 6 rings (SSSR count). The molecule has 0 fully saturated rings. The Morgan fingerprint density at radius 1 is 0.906 bits per heavy atom. The van der Waals surface area contributed by atoms with Gasteiger partial charge in [-0.1, -0.05) is 105 Å². The average Bonchev–Trinajstić information content (AvgIpc) is 3.66. The molecule has 0 aliphatic rings. The van der Waals surface area contributed by atoms with Crippen molar-refractivity contribution < 1.29 is 34.4 Å². The number of nitrogens with zero attached hydrogens (tertiary/aromatic N) is 1. The predicted octanol–water partition coefficient (Wildman–Crippen LogP) is 14.3. The van der Waals surface area contributed by atoms with E-state index in [1.165, 1.54) is 42.9 Å². The number of allylic oxidation sites excluding steroid dienone is 2. The quantitative estimate of drug-likeness (QED) is 0.0845. The van der Waals surface area contributed by atoms with Crippen molar-refractivity contribution in [1.82, 2.24) is 4.98 Å². The maximum Gasteiger partial charge on any atom is 0.164 e. The van der Waals surface area contributed by atoms with Crippen molar-refractivity contribution in [3.05, 3.63) is 88.6 Å². The summed E-state index contributed by atoms with van der Waals surface area (Å²) < 4.78 is 7.86. The minimum atomic E-state index is -0.337. The van der Waals surface area contributed by atoms with E-state index in [1.807, 2.05) is 59.1 Å². The Hall–Kier alpha value is -3.31. The maximum atomic E-state index is 12.2. The fraction of sp³-hybridized carbons (Fsp3) is 0.447. The molecule has 0 aliphatic heterocycles. The minimum absolute atomic E-state index is 0. The molecule has 4 nitrogen and oxygen atoms in total. The number of hydrogen-bond donors (Lipinski definition) is 1. The van der Waals surface area contributed by atoms with Crippen LogP contribution in [0.4, 0.5) is 0 Å². The zero-order chi connectivity index (χ0) is 38.2. The van der Waals surface area contributed by atoms with E-state index in [-0.39, 0.29) is 47.9 Å². The molecule has 3 aromatic heterocycles. The van der Waals surface area contributed by atoms with Crippen LogP contribution in [-0.4, -0.2) is 15.9 Å². The maximum absolute atomic E-state index is 12.2. The number of carbonyl (C=O) groups excluding carboxylic acids is 1. The molecular formula is C47H58IrNO3S-. The Bertz CT molecular complexity index is 2260. The molecule has 1 N–H and O–H groups in total. The van der Waals surface area contributed by atoms with Crippen molar-refractivity contribution in [3.8, 4) is 11.3 Å². The Morgan fingerprint density at radius 3 is 2.15 bits per heavy atom. The van der Waals surface area contributed by atoms with E-state index in [0.717, 1.165) is 65.3 Å². The second-order valence-corrected chi connectivity index (χ2v) is 17.6. The Labute approximate surface area is 334 Å². The van der Waals surface area contributed by atoms with Crippen LogP contribution in [0.5, 0.6) is 0 Å². The SMILES string of the molecule is CCC(C)(CC)C(=O)/C=C(\O)C(C)(CC)CC.Cc1c(CC(C)C)sc2c1ccc1oc3c(-c4[c-]c5ccccc5c(C(C)(C)C)c4)nccc3c12.[Ir]. The third kappa shape index (κ3) is 8.36. The molecule has 0 saturated heterocycles.